The fraction of sp³-hybridized carbons (Fsp3) is 0.444. The SMILES string of the molecule is Cc1noc(-c2nc3c(n2C)CN(O)C3)n1. The predicted molar refractivity (Wildman–Crippen MR) is 52.3 cm³/mol. The standard InChI is InChI=1S/C9H11N5O2/c1-5-10-9(16-12-5)8-11-6-3-14(15)4-7(6)13(8)2/h15H,3-4H2,1-2H3. The molecule has 0 spiro atoms. The average Bonchev–Trinajstić information content (AvgIpc) is 2.85. The lowest BCUT2D eigenvalue weighted by Gasteiger charge is -2.05. The maximum absolute atomic E-state index is 9.36. The molecule has 1 aliphatic rings. The van der Waals surface area contributed by atoms with Crippen LogP contribution in [0, 0.1) is 6.92 Å². The fourth-order valence-electron chi connectivity index (χ4n) is 1.89. The molecule has 0 atom stereocenters. The van der Waals surface area contributed by atoms with Gasteiger partial charge in [0.25, 0.3) is 5.89 Å². The quantitative estimate of drug-likeness (QED) is 0.754. The lowest BCUT2D eigenvalue weighted by atomic mass is 10.4. The van der Waals surface area contributed by atoms with E-state index < -0.39 is 0 Å². The van der Waals surface area contributed by atoms with Crippen LogP contribution in [-0.4, -0.2) is 30.0 Å². The van der Waals surface area contributed by atoms with Crippen LogP contribution in [0.1, 0.15) is 17.2 Å². The lowest BCUT2D eigenvalue weighted by molar-refractivity contribution is -0.0984. The third-order valence-electron chi connectivity index (χ3n) is 2.68. The van der Waals surface area contributed by atoms with Crippen LogP contribution in [0.2, 0.25) is 0 Å². The van der Waals surface area contributed by atoms with Gasteiger partial charge in [0.2, 0.25) is 0 Å². The van der Waals surface area contributed by atoms with E-state index in [1.807, 2.05) is 11.6 Å². The molecule has 0 saturated heterocycles. The summed E-state index contributed by atoms with van der Waals surface area (Å²) in [7, 11) is 1.87. The summed E-state index contributed by atoms with van der Waals surface area (Å²) in [5.74, 6) is 1.65. The third-order valence-corrected chi connectivity index (χ3v) is 2.68. The Bertz CT molecular complexity index is 544. The second-order valence-electron chi connectivity index (χ2n) is 3.86. The molecule has 0 unspecified atom stereocenters. The van der Waals surface area contributed by atoms with Crippen molar-refractivity contribution in [2.75, 3.05) is 0 Å². The van der Waals surface area contributed by atoms with Gasteiger partial charge in [-0.25, -0.2) is 4.98 Å². The van der Waals surface area contributed by atoms with Gasteiger partial charge in [0.15, 0.2) is 11.6 Å². The van der Waals surface area contributed by atoms with E-state index in [9.17, 15) is 5.21 Å². The predicted octanol–water partition coefficient (Wildman–Crippen LogP) is 0.483. The van der Waals surface area contributed by atoms with Crippen molar-refractivity contribution in [3.63, 3.8) is 0 Å². The second-order valence-corrected chi connectivity index (χ2v) is 3.86. The molecular formula is C9H11N5O2. The van der Waals surface area contributed by atoms with Gasteiger partial charge in [-0.1, -0.05) is 5.16 Å². The maximum Gasteiger partial charge on any atom is 0.293 e. The monoisotopic (exact) mass is 221 g/mol. The van der Waals surface area contributed by atoms with Crippen LogP contribution in [-0.2, 0) is 20.1 Å². The van der Waals surface area contributed by atoms with Crippen molar-refractivity contribution in [3.05, 3.63) is 17.2 Å². The van der Waals surface area contributed by atoms with Gasteiger partial charge in [0, 0.05) is 7.05 Å². The van der Waals surface area contributed by atoms with Crippen molar-refractivity contribution in [1.82, 2.24) is 24.8 Å². The number of hydroxylamine groups is 2. The zero-order valence-electron chi connectivity index (χ0n) is 9.01. The second kappa shape index (κ2) is 3.13. The fourth-order valence-corrected chi connectivity index (χ4v) is 1.89. The number of aryl methyl sites for hydroxylation is 1. The Balaban J connectivity index is 2.08. The molecule has 0 saturated carbocycles. The minimum Gasteiger partial charge on any atom is -0.331 e. The lowest BCUT2D eigenvalue weighted by Crippen LogP contribution is -2.12. The van der Waals surface area contributed by atoms with Gasteiger partial charge in [-0.15, -0.1) is 0 Å². The van der Waals surface area contributed by atoms with Crippen LogP contribution in [0.3, 0.4) is 0 Å². The molecule has 16 heavy (non-hydrogen) atoms. The molecule has 0 amide bonds. The van der Waals surface area contributed by atoms with Crippen LogP contribution in [0.15, 0.2) is 4.52 Å². The molecule has 7 nitrogen and oxygen atoms in total. The molecular weight excluding hydrogens is 210 g/mol. The summed E-state index contributed by atoms with van der Waals surface area (Å²) in [5, 5.41) is 14.3. The molecule has 0 radical (unpaired) electrons. The van der Waals surface area contributed by atoms with Crippen molar-refractivity contribution >= 4 is 0 Å². The van der Waals surface area contributed by atoms with E-state index in [0.29, 0.717) is 30.6 Å². The number of hydrogen-bond donors (Lipinski definition) is 1. The molecule has 0 fully saturated rings. The van der Waals surface area contributed by atoms with Gasteiger partial charge < -0.3 is 14.3 Å². The zero-order valence-corrected chi connectivity index (χ0v) is 9.01. The van der Waals surface area contributed by atoms with Crippen LogP contribution < -0.4 is 0 Å². The Morgan fingerprint density at radius 2 is 2.12 bits per heavy atom. The van der Waals surface area contributed by atoms with E-state index in [1.54, 1.807) is 6.92 Å². The van der Waals surface area contributed by atoms with Gasteiger partial charge in [-0.05, 0) is 6.92 Å². The van der Waals surface area contributed by atoms with E-state index in [4.69, 9.17) is 4.52 Å². The van der Waals surface area contributed by atoms with E-state index in [-0.39, 0.29) is 0 Å². The summed E-state index contributed by atoms with van der Waals surface area (Å²) in [4.78, 5) is 8.53. The highest BCUT2D eigenvalue weighted by Gasteiger charge is 2.26. The van der Waals surface area contributed by atoms with Gasteiger partial charge in [-0.2, -0.15) is 10.0 Å². The molecule has 0 bridgehead atoms. The van der Waals surface area contributed by atoms with Crippen molar-refractivity contribution < 1.29 is 9.73 Å². The summed E-state index contributed by atoms with van der Waals surface area (Å²) in [6.45, 7) is 2.68. The van der Waals surface area contributed by atoms with E-state index in [2.05, 4.69) is 15.1 Å². The number of rotatable bonds is 1. The van der Waals surface area contributed by atoms with Crippen molar-refractivity contribution in [2.24, 2.45) is 7.05 Å². The highest BCUT2D eigenvalue weighted by Crippen LogP contribution is 2.25. The Morgan fingerprint density at radius 1 is 1.31 bits per heavy atom. The molecule has 2 aromatic heterocycles. The average molecular weight is 221 g/mol. The number of nitrogens with zero attached hydrogens (tertiary/aromatic N) is 5. The summed E-state index contributed by atoms with van der Waals surface area (Å²) in [6, 6.07) is 0. The van der Waals surface area contributed by atoms with Crippen LogP contribution in [0.4, 0.5) is 0 Å². The molecule has 3 rings (SSSR count). The summed E-state index contributed by atoms with van der Waals surface area (Å²) >= 11 is 0. The third kappa shape index (κ3) is 1.25. The first-order valence-electron chi connectivity index (χ1n) is 4.94. The Labute approximate surface area is 91.3 Å². The topological polar surface area (TPSA) is 80.2 Å². The number of fused-ring (bicyclic) bond motifs is 1. The first-order chi connectivity index (χ1) is 7.65. The Kier molecular flexibility index (Phi) is 1.86. The number of imidazole rings is 1. The van der Waals surface area contributed by atoms with Gasteiger partial charge in [-0.3, -0.25) is 0 Å². The smallest absolute Gasteiger partial charge is 0.293 e. The van der Waals surface area contributed by atoms with Crippen LogP contribution in [0.25, 0.3) is 11.7 Å². The summed E-state index contributed by atoms with van der Waals surface area (Å²) in [6.07, 6.45) is 0. The highest BCUT2D eigenvalue weighted by molar-refractivity contribution is 5.44. The van der Waals surface area contributed by atoms with Crippen LogP contribution >= 0.6 is 0 Å². The molecule has 1 N–H and O–H groups in total. The molecule has 2 aromatic rings. The molecule has 0 aliphatic carbocycles. The minimum atomic E-state index is 0.416. The normalized spacial score (nSPS) is 15.7. The van der Waals surface area contributed by atoms with Gasteiger partial charge >= 0.3 is 0 Å². The molecule has 0 aromatic carbocycles. The Hall–Kier alpha value is -1.73. The summed E-state index contributed by atoms with van der Waals surface area (Å²) < 4.78 is 6.95. The molecule has 3 heterocycles. The van der Waals surface area contributed by atoms with Crippen LogP contribution in [0.5, 0.6) is 0 Å². The van der Waals surface area contributed by atoms with Crippen molar-refractivity contribution in [3.8, 4) is 11.7 Å². The van der Waals surface area contributed by atoms with Gasteiger partial charge in [0.1, 0.15) is 0 Å². The molecule has 1 aliphatic heterocycles. The first kappa shape index (κ1) is 9.49. The van der Waals surface area contributed by atoms with E-state index >= 15 is 0 Å². The Morgan fingerprint density at radius 3 is 2.75 bits per heavy atom. The van der Waals surface area contributed by atoms with E-state index in [1.165, 1.54) is 5.06 Å². The molecule has 84 valence electrons. The number of aromatic nitrogens is 4. The maximum atomic E-state index is 9.36. The first-order valence-corrected chi connectivity index (χ1v) is 4.94. The van der Waals surface area contributed by atoms with Crippen molar-refractivity contribution in [1.29, 1.82) is 0 Å². The van der Waals surface area contributed by atoms with E-state index in [0.717, 1.165) is 11.4 Å². The highest BCUT2D eigenvalue weighted by atomic mass is 16.5. The summed E-state index contributed by atoms with van der Waals surface area (Å²) in [5.41, 5.74) is 1.84. The van der Waals surface area contributed by atoms with Gasteiger partial charge in [0.05, 0.1) is 24.5 Å². The largest absolute Gasteiger partial charge is 0.331 e. The minimum absolute atomic E-state index is 0.416. The van der Waals surface area contributed by atoms with Crippen molar-refractivity contribution in [2.45, 2.75) is 20.0 Å². The molecule has 7 heteroatoms. The zero-order chi connectivity index (χ0) is 11.3. The number of hydrogen-bond acceptors (Lipinski definition) is 6.